The van der Waals surface area contributed by atoms with Gasteiger partial charge in [0, 0.05) is 6.04 Å². The van der Waals surface area contributed by atoms with Gasteiger partial charge in [-0.3, -0.25) is 4.79 Å². The molecule has 0 saturated heterocycles. The van der Waals surface area contributed by atoms with Gasteiger partial charge in [-0.15, -0.1) is 0 Å². The third-order valence-corrected chi connectivity index (χ3v) is 4.00. The molecule has 3 N–H and O–H groups in total. The van der Waals surface area contributed by atoms with Crippen LogP contribution in [0.1, 0.15) is 43.7 Å². The Bertz CT molecular complexity index is 482. The normalized spacial score (nSPS) is 16.7. The summed E-state index contributed by atoms with van der Waals surface area (Å²) in [4.78, 5) is 12.2. The molecule has 1 saturated carbocycles. The highest BCUT2D eigenvalue weighted by Gasteiger charge is 2.22. The SMILES string of the molecule is Cc1ccc(OC(C)C(=O)NC2CCCC2)c(CCN)c1. The molecule has 1 aromatic rings. The van der Waals surface area contributed by atoms with Gasteiger partial charge in [-0.2, -0.15) is 0 Å². The largest absolute Gasteiger partial charge is 0.481 e. The Balaban J connectivity index is 1.97. The maximum Gasteiger partial charge on any atom is 0.260 e. The monoisotopic (exact) mass is 290 g/mol. The Morgan fingerprint density at radius 1 is 1.43 bits per heavy atom. The molecular formula is C17H26N2O2. The predicted octanol–water partition coefficient (Wildman–Crippen LogP) is 2.32. The van der Waals surface area contributed by atoms with E-state index in [0.29, 0.717) is 12.6 Å². The first-order chi connectivity index (χ1) is 10.1. The van der Waals surface area contributed by atoms with Crippen LogP contribution in [0.3, 0.4) is 0 Å². The summed E-state index contributed by atoms with van der Waals surface area (Å²) in [6.45, 7) is 4.42. The molecular weight excluding hydrogens is 264 g/mol. The highest BCUT2D eigenvalue weighted by atomic mass is 16.5. The van der Waals surface area contributed by atoms with Gasteiger partial charge < -0.3 is 15.8 Å². The summed E-state index contributed by atoms with van der Waals surface area (Å²) in [5, 5.41) is 3.07. The second-order valence-corrected chi connectivity index (χ2v) is 5.90. The molecule has 4 nitrogen and oxygen atoms in total. The average molecular weight is 290 g/mol. The van der Waals surface area contributed by atoms with Gasteiger partial charge >= 0.3 is 0 Å². The van der Waals surface area contributed by atoms with Crippen LogP contribution in [0.4, 0.5) is 0 Å². The Morgan fingerprint density at radius 2 is 2.14 bits per heavy atom. The summed E-state index contributed by atoms with van der Waals surface area (Å²) in [6, 6.07) is 6.32. The molecule has 116 valence electrons. The molecule has 1 aromatic carbocycles. The number of hydrogen-bond donors (Lipinski definition) is 2. The molecule has 21 heavy (non-hydrogen) atoms. The van der Waals surface area contributed by atoms with Crippen LogP contribution in [0.5, 0.6) is 5.75 Å². The zero-order valence-corrected chi connectivity index (χ0v) is 13.0. The number of carbonyl (C=O) groups excluding carboxylic acids is 1. The van der Waals surface area contributed by atoms with E-state index in [1.54, 1.807) is 6.92 Å². The molecule has 0 heterocycles. The van der Waals surface area contributed by atoms with Crippen LogP contribution in [-0.4, -0.2) is 24.6 Å². The lowest BCUT2D eigenvalue weighted by Crippen LogP contribution is -2.41. The van der Waals surface area contributed by atoms with Gasteiger partial charge in [0.1, 0.15) is 5.75 Å². The van der Waals surface area contributed by atoms with E-state index in [-0.39, 0.29) is 5.91 Å². The molecule has 0 bridgehead atoms. The first-order valence-electron chi connectivity index (χ1n) is 7.86. The summed E-state index contributed by atoms with van der Waals surface area (Å²) in [5.41, 5.74) is 7.89. The van der Waals surface area contributed by atoms with Gasteiger partial charge in [-0.05, 0) is 51.3 Å². The number of rotatable bonds is 6. The van der Waals surface area contributed by atoms with Crippen molar-refractivity contribution >= 4 is 5.91 Å². The van der Waals surface area contributed by atoms with E-state index in [4.69, 9.17) is 10.5 Å². The summed E-state index contributed by atoms with van der Waals surface area (Å²) >= 11 is 0. The van der Waals surface area contributed by atoms with Crippen molar-refractivity contribution in [1.29, 1.82) is 0 Å². The van der Waals surface area contributed by atoms with E-state index in [2.05, 4.69) is 11.4 Å². The lowest BCUT2D eigenvalue weighted by Gasteiger charge is -2.20. The zero-order chi connectivity index (χ0) is 15.2. The Hall–Kier alpha value is -1.55. The van der Waals surface area contributed by atoms with Crippen LogP contribution in [0.15, 0.2) is 18.2 Å². The number of carbonyl (C=O) groups is 1. The summed E-state index contributed by atoms with van der Waals surface area (Å²) in [6.07, 6.45) is 4.86. The highest BCUT2D eigenvalue weighted by Crippen LogP contribution is 2.22. The lowest BCUT2D eigenvalue weighted by molar-refractivity contribution is -0.127. The van der Waals surface area contributed by atoms with Crippen LogP contribution in [-0.2, 0) is 11.2 Å². The smallest absolute Gasteiger partial charge is 0.260 e. The van der Waals surface area contributed by atoms with Crippen molar-refractivity contribution in [2.45, 2.75) is 58.1 Å². The van der Waals surface area contributed by atoms with E-state index in [0.717, 1.165) is 30.6 Å². The minimum Gasteiger partial charge on any atom is -0.481 e. The second kappa shape index (κ2) is 7.46. The van der Waals surface area contributed by atoms with Crippen molar-refractivity contribution in [3.05, 3.63) is 29.3 Å². The molecule has 1 aliphatic rings. The van der Waals surface area contributed by atoms with Crippen LogP contribution in [0, 0.1) is 6.92 Å². The van der Waals surface area contributed by atoms with Gasteiger partial charge in [0.05, 0.1) is 0 Å². The van der Waals surface area contributed by atoms with Crippen LogP contribution in [0.2, 0.25) is 0 Å². The van der Waals surface area contributed by atoms with Gasteiger partial charge in [0.2, 0.25) is 0 Å². The second-order valence-electron chi connectivity index (χ2n) is 5.90. The van der Waals surface area contributed by atoms with E-state index >= 15 is 0 Å². The van der Waals surface area contributed by atoms with Crippen molar-refractivity contribution in [1.82, 2.24) is 5.32 Å². The summed E-state index contributed by atoms with van der Waals surface area (Å²) in [5.74, 6) is 0.737. The molecule has 1 unspecified atom stereocenters. The Labute approximate surface area is 127 Å². The van der Waals surface area contributed by atoms with Gasteiger partial charge in [0.15, 0.2) is 6.10 Å². The summed E-state index contributed by atoms with van der Waals surface area (Å²) in [7, 11) is 0. The number of nitrogens with one attached hydrogen (secondary N) is 1. The molecule has 1 amide bonds. The number of ether oxygens (including phenoxy) is 1. The molecule has 1 atom stereocenters. The summed E-state index contributed by atoms with van der Waals surface area (Å²) < 4.78 is 5.86. The van der Waals surface area contributed by atoms with Gasteiger partial charge in [-0.25, -0.2) is 0 Å². The van der Waals surface area contributed by atoms with Crippen molar-refractivity contribution < 1.29 is 9.53 Å². The minimum atomic E-state index is -0.482. The third kappa shape index (κ3) is 4.46. The molecule has 4 heteroatoms. The van der Waals surface area contributed by atoms with E-state index in [1.165, 1.54) is 18.4 Å². The molecule has 1 fully saturated rings. The van der Waals surface area contributed by atoms with Crippen molar-refractivity contribution in [3.8, 4) is 5.75 Å². The van der Waals surface area contributed by atoms with Crippen molar-refractivity contribution in [3.63, 3.8) is 0 Å². The first-order valence-corrected chi connectivity index (χ1v) is 7.86. The third-order valence-electron chi connectivity index (χ3n) is 4.00. The highest BCUT2D eigenvalue weighted by molar-refractivity contribution is 5.81. The number of hydrogen-bond acceptors (Lipinski definition) is 3. The number of nitrogens with two attached hydrogens (primary N) is 1. The predicted molar refractivity (Wildman–Crippen MR) is 84.4 cm³/mol. The van der Waals surface area contributed by atoms with Gasteiger partial charge in [-0.1, -0.05) is 30.5 Å². The number of aryl methyl sites for hydroxylation is 1. The maximum atomic E-state index is 12.2. The van der Waals surface area contributed by atoms with Crippen molar-refractivity contribution in [2.24, 2.45) is 5.73 Å². The fourth-order valence-corrected chi connectivity index (χ4v) is 2.81. The van der Waals surface area contributed by atoms with Crippen molar-refractivity contribution in [2.75, 3.05) is 6.54 Å². The molecule has 0 aliphatic heterocycles. The van der Waals surface area contributed by atoms with Gasteiger partial charge in [0.25, 0.3) is 5.91 Å². The quantitative estimate of drug-likeness (QED) is 0.845. The van der Waals surface area contributed by atoms with Crippen LogP contribution in [0.25, 0.3) is 0 Å². The fraction of sp³-hybridized carbons (Fsp3) is 0.588. The number of benzene rings is 1. The number of amides is 1. The molecule has 0 spiro atoms. The maximum absolute atomic E-state index is 12.2. The van der Waals surface area contributed by atoms with E-state index < -0.39 is 6.10 Å². The fourth-order valence-electron chi connectivity index (χ4n) is 2.81. The van der Waals surface area contributed by atoms with Crippen LogP contribution >= 0.6 is 0 Å². The zero-order valence-electron chi connectivity index (χ0n) is 13.0. The average Bonchev–Trinajstić information content (AvgIpc) is 2.95. The van der Waals surface area contributed by atoms with E-state index in [1.807, 2.05) is 19.1 Å². The molecule has 0 radical (unpaired) electrons. The first kappa shape index (κ1) is 15.8. The molecule has 1 aliphatic carbocycles. The standard InChI is InChI=1S/C17H26N2O2/c1-12-7-8-16(14(11-12)9-10-18)21-13(2)17(20)19-15-5-3-4-6-15/h7-8,11,13,15H,3-6,9-10,18H2,1-2H3,(H,19,20). The van der Waals surface area contributed by atoms with Crippen LogP contribution < -0.4 is 15.8 Å². The molecule has 2 rings (SSSR count). The minimum absolute atomic E-state index is 0.0267. The van der Waals surface area contributed by atoms with E-state index in [9.17, 15) is 4.79 Å². The Morgan fingerprint density at radius 3 is 2.81 bits per heavy atom. The topological polar surface area (TPSA) is 64.3 Å². The lowest BCUT2D eigenvalue weighted by atomic mass is 10.1. The molecule has 0 aromatic heterocycles. The Kier molecular flexibility index (Phi) is 5.62.